The Morgan fingerprint density at radius 2 is 1.88 bits per heavy atom. The summed E-state index contributed by atoms with van der Waals surface area (Å²) in [5, 5.41) is 3.15. The predicted octanol–water partition coefficient (Wildman–Crippen LogP) is 3.91. The first-order valence-electron chi connectivity index (χ1n) is 8.24. The van der Waals surface area contributed by atoms with E-state index in [4.69, 9.17) is 9.47 Å². The molecule has 0 radical (unpaired) electrons. The van der Waals surface area contributed by atoms with Crippen molar-refractivity contribution >= 4 is 11.7 Å². The number of benzene rings is 2. The molecule has 0 heterocycles. The zero-order chi connectivity index (χ0) is 17.4. The largest absolute Gasteiger partial charge is 0.467 e. The molecule has 0 aliphatic rings. The molecule has 1 N–H and O–H groups in total. The van der Waals surface area contributed by atoms with Crippen molar-refractivity contribution in [3.05, 3.63) is 54.1 Å². The van der Waals surface area contributed by atoms with Gasteiger partial charge in [-0.3, -0.25) is 0 Å². The Hall–Kier alpha value is -2.33. The summed E-state index contributed by atoms with van der Waals surface area (Å²) in [6.45, 7) is 2.57. The molecule has 4 heteroatoms. The van der Waals surface area contributed by atoms with E-state index in [1.165, 1.54) is 7.11 Å². The lowest BCUT2D eigenvalue weighted by molar-refractivity contribution is -0.154. The van der Waals surface area contributed by atoms with Crippen molar-refractivity contribution in [2.75, 3.05) is 26.1 Å². The Balaban J connectivity index is 2.11. The van der Waals surface area contributed by atoms with Gasteiger partial charge in [-0.05, 0) is 35.2 Å². The van der Waals surface area contributed by atoms with Crippen LogP contribution < -0.4 is 5.32 Å². The highest BCUT2D eigenvalue weighted by atomic mass is 16.6. The van der Waals surface area contributed by atoms with Gasteiger partial charge in [0.05, 0.1) is 7.11 Å². The third kappa shape index (κ3) is 4.83. The van der Waals surface area contributed by atoms with Gasteiger partial charge in [0.1, 0.15) is 0 Å². The molecule has 128 valence electrons. The molecule has 0 fully saturated rings. The molecule has 0 spiro atoms. The summed E-state index contributed by atoms with van der Waals surface area (Å²) < 4.78 is 10.4. The summed E-state index contributed by atoms with van der Waals surface area (Å²) in [5.41, 5.74) is 4.42. The third-order valence-electron chi connectivity index (χ3n) is 3.85. The van der Waals surface area contributed by atoms with E-state index in [9.17, 15) is 4.79 Å². The van der Waals surface area contributed by atoms with Gasteiger partial charge in [-0.25, -0.2) is 4.79 Å². The van der Waals surface area contributed by atoms with E-state index in [0.717, 1.165) is 28.8 Å². The lowest BCUT2D eigenvalue weighted by Crippen LogP contribution is -2.28. The van der Waals surface area contributed by atoms with Crippen LogP contribution in [-0.4, -0.2) is 32.8 Å². The Labute approximate surface area is 143 Å². The number of ether oxygens (including phenoxy) is 2. The molecular weight excluding hydrogens is 302 g/mol. The highest BCUT2D eigenvalue weighted by molar-refractivity contribution is 5.75. The maximum Gasteiger partial charge on any atom is 0.335 e. The number of anilines is 1. The van der Waals surface area contributed by atoms with E-state index in [2.05, 4.69) is 29.6 Å². The molecule has 4 nitrogen and oxygen atoms in total. The van der Waals surface area contributed by atoms with Crippen molar-refractivity contribution in [1.82, 2.24) is 0 Å². The van der Waals surface area contributed by atoms with Gasteiger partial charge >= 0.3 is 5.97 Å². The molecule has 0 aliphatic heterocycles. The quantitative estimate of drug-likeness (QED) is 0.747. The summed E-state index contributed by atoms with van der Waals surface area (Å²) in [7, 11) is 3.30. The topological polar surface area (TPSA) is 47.6 Å². The zero-order valence-electron chi connectivity index (χ0n) is 14.5. The normalized spacial score (nSPS) is 11.8. The molecule has 0 aromatic heterocycles. The molecule has 0 amide bonds. The minimum Gasteiger partial charge on any atom is -0.467 e. The lowest BCUT2D eigenvalue weighted by Gasteiger charge is -2.15. The number of methoxy groups -OCH3 is 1. The van der Waals surface area contributed by atoms with Gasteiger partial charge in [-0.15, -0.1) is 0 Å². The molecule has 0 bridgehead atoms. The number of carbonyl (C=O) groups excluding carboxylic acids is 1. The molecule has 1 atom stereocenters. The van der Waals surface area contributed by atoms with Crippen LogP contribution in [0.3, 0.4) is 0 Å². The molecule has 0 saturated carbocycles. The molecule has 2 aromatic carbocycles. The van der Waals surface area contributed by atoms with Crippen LogP contribution in [0.4, 0.5) is 5.69 Å². The number of esters is 1. The van der Waals surface area contributed by atoms with Crippen LogP contribution in [0.2, 0.25) is 0 Å². The number of hydrogen-bond acceptors (Lipinski definition) is 4. The minimum absolute atomic E-state index is 0.325. The summed E-state index contributed by atoms with van der Waals surface area (Å²) >= 11 is 0. The van der Waals surface area contributed by atoms with Crippen molar-refractivity contribution in [2.45, 2.75) is 25.9 Å². The van der Waals surface area contributed by atoms with Crippen LogP contribution in [-0.2, 0) is 20.7 Å². The van der Waals surface area contributed by atoms with Crippen molar-refractivity contribution in [3.8, 4) is 11.1 Å². The monoisotopic (exact) mass is 327 g/mol. The van der Waals surface area contributed by atoms with Crippen molar-refractivity contribution in [1.29, 1.82) is 0 Å². The first-order valence-corrected chi connectivity index (χ1v) is 8.24. The second kappa shape index (κ2) is 9.08. The van der Waals surface area contributed by atoms with Crippen LogP contribution in [0, 0.1) is 0 Å². The molecule has 0 saturated heterocycles. The highest BCUT2D eigenvalue weighted by Gasteiger charge is 2.20. The molecule has 2 rings (SSSR count). The van der Waals surface area contributed by atoms with Gasteiger partial charge in [-0.2, -0.15) is 0 Å². The average Bonchev–Trinajstić information content (AvgIpc) is 2.65. The van der Waals surface area contributed by atoms with E-state index in [0.29, 0.717) is 13.0 Å². The van der Waals surface area contributed by atoms with Gasteiger partial charge in [0.15, 0.2) is 6.10 Å². The maximum absolute atomic E-state index is 11.8. The third-order valence-corrected chi connectivity index (χ3v) is 3.85. The van der Waals surface area contributed by atoms with Crippen LogP contribution in [0.15, 0.2) is 48.5 Å². The van der Waals surface area contributed by atoms with Crippen molar-refractivity contribution in [2.24, 2.45) is 0 Å². The fourth-order valence-electron chi connectivity index (χ4n) is 2.50. The number of rotatable bonds is 8. The van der Waals surface area contributed by atoms with E-state index < -0.39 is 6.10 Å². The summed E-state index contributed by atoms with van der Waals surface area (Å²) in [6, 6.07) is 16.5. The second-order valence-electron chi connectivity index (χ2n) is 5.61. The van der Waals surface area contributed by atoms with Crippen LogP contribution in [0.25, 0.3) is 11.1 Å². The lowest BCUT2D eigenvalue weighted by atomic mass is 10.0. The van der Waals surface area contributed by atoms with E-state index in [1.807, 2.05) is 38.2 Å². The number of carbonyl (C=O) groups is 1. The van der Waals surface area contributed by atoms with Gasteiger partial charge in [0, 0.05) is 25.8 Å². The Kier molecular flexibility index (Phi) is 6.82. The van der Waals surface area contributed by atoms with E-state index in [1.54, 1.807) is 0 Å². The fraction of sp³-hybridized carbons (Fsp3) is 0.350. The Morgan fingerprint density at radius 1 is 1.12 bits per heavy atom. The average molecular weight is 327 g/mol. The van der Waals surface area contributed by atoms with Gasteiger partial charge in [-0.1, -0.05) is 43.3 Å². The maximum atomic E-state index is 11.8. The molecule has 2 aromatic rings. The van der Waals surface area contributed by atoms with Crippen LogP contribution in [0.1, 0.15) is 18.9 Å². The van der Waals surface area contributed by atoms with Crippen molar-refractivity contribution < 1.29 is 14.3 Å². The van der Waals surface area contributed by atoms with Gasteiger partial charge < -0.3 is 14.8 Å². The van der Waals surface area contributed by atoms with Gasteiger partial charge in [0.2, 0.25) is 0 Å². The molecule has 24 heavy (non-hydrogen) atoms. The molecule has 0 unspecified atom stereocenters. The highest BCUT2D eigenvalue weighted by Crippen LogP contribution is 2.23. The SMILES string of the molecule is CCCO[C@@H](Cc1ccc(-c2cccc(NC)c2)cc1)C(=O)OC. The smallest absolute Gasteiger partial charge is 0.335 e. The van der Waals surface area contributed by atoms with Crippen molar-refractivity contribution in [3.63, 3.8) is 0 Å². The van der Waals surface area contributed by atoms with Crippen LogP contribution >= 0.6 is 0 Å². The zero-order valence-corrected chi connectivity index (χ0v) is 14.5. The standard InChI is InChI=1S/C20H25NO3/c1-4-12-24-19(20(22)23-3)13-15-8-10-16(11-9-15)17-6-5-7-18(14-17)21-2/h5-11,14,19,21H,4,12-13H2,1-3H3/t19-/m0/s1. The van der Waals surface area contributed by atoms with Crippen LogP contribution in [0.5, 0.6) is 0 Å². The predicted molar refractivity (Wildman–Crippen MR) is 97.2 cm³/mol. The minimum atomic E-state index is -0.548. The van der Waals surface area contributed by atoms with E-state index >= 15 is 0 Å². The number of hydrogen-bond donors (Lipinski definition) is 1. The molecular formula is C20H25NO3. The Bertz CT molecular complexity index is 652. The van der Waals surface area contributed by atoms with E-state index in [-0.39, 0.29) is 5.97 Å². The summed E-state index contributed by atoms with van der Waals surface area (Å²) in [4.78, 5) is 11.8. The fourth-order valence-corrected chi connectivity index (χ4v) is 2.50. The Morgan fingerprint density at radius 3 is 2.50 bits per heavy atom. The summed E-state index contributed by atoms with van der Waals surface area (Å²) in [6.07, 6.45) is 0.839. The first kappa shape index (κ1) is 18.0. The van der Waals surface area contributed by atoms with Gasteiger partial charge in [0.25, 0.3) is 0 Å². The number of nitrogens with one attached hydrogen (secondary N) is 1. The second-order valence-corrected chi connectivity index (χ2v) is 5.61. The summed E-state index contributed by atoms with van der Waals surface area (Å²) in [5.74, 6) is -0.325. The molecule has 0 aliphatic carbocycles. The first-order chi connectivity index (χ1) is 11.7.